The average molecular weight is 532 g/mol. The van der Waals surface area contributed by atoms with Gasteiger partial charge in [-0.2, -0.15) is 0 Å². The number of halogens is 1. The van der Waals surface area contributed by atoms with E-state index in [4.69, 9.17) is 14.6 Å². The molecule has 0 heterocycles. The highest BCUT2D eigenvalue weighted by atomic mass is 127. The van der Waals surface area contributed by atoms with Gasteiger partial charge in [0.15, 0.2) is 6.61 Å². The normalized spacial score (nSPS) is 11.2. The van der Waals surface area contributed by atoms with E-state index < -0.39 is 5.97 Å². The summed E-state index contributed by atoms with van der Waals surface area (Å²) in [4.78, 5) is 11.8. The highest BCUT2D eigenvalue weighted by Gasteiger charge is 2.08. The molecule has 0 atom stereocenters. The molecule has 0 aromatic heterocycles. The topological polar surface area (TPSA) is 55.8 Å². The van der Waals surface area contributed by atoms with E-state index in [1.807, 2.05) is 54.6 Å². The van der Waals surface area contributed by atoms with Gasteiger partial charge in [-0.15, -0.1) is 11.8 Å². The van der Waals surface area contributed by atoms with E-state index >= 15 is 0 Å². The average Bonchev–Trinajstić information content (AvgIpc) is 2.76. The third kappa shape index (κ3) is 6.27. The summed E-state index contributed by atoms with van der Waals surface area (Å²) in [5, 5.41) is 8.76. The van der Waals surface area contributed by atoms with Crippen LogP contribution in [0.5, 0.6) is 11.5 Å². The van der Waals surface area contributed by atoms with Crippen molar-refractivity contribution in [2.75, 3.05) is 19.5 Å². The van der Waals surface area contributed by atoms with Gasteiger partial charge in [0.2, 0.25) is 0 Å². The molecule has 154 valence electrons. The van der Waals surface area contributed by atoms with Crippen LogP contribution < -0.4 is 9.47 Å². The second kappa shape index (κ2) is 11.1. The molecule has 6 heteroatoms. The zero-order valence-corrected chi connectivity index (χ0v) is 19.4. The zero-order valence-electron chi connectivity index (χ0n) is 16.4. The molecule has 0 aliphatic rings. The Hall–Kier alpha value is -2.45. The molecular weight excluding hydrogens is 511 g/mol. The first-order valence-corrected chi connectivity index (χ1v) is 11.3. The second-order valence-corrected chi connectivity index (χ2v) is 8.56. The third-order valence-electron chi connectivity index (χ3n) is 4.26. The van der Waals surface area contributed by atoms with Crippen molar-refractivity contribution in [3.63, 3.8) is 0 Å². The minimum atomic E-state index is -0.986. The molecule has 0 spiro atoms. The number of carbonyl (C=O) groups is 1. The highest BCUT2D eigenvalue weighted by Crippen LogP contribution is 2.30. The smallest absolute Gasteiger partial charge is 0.341 e. The molecule has 0 radical (unpaired) electrons. The van der Waals surface area contributed by atoms with E-state index in [9.17, 15) is 4.79 Å². The molecule has 0 unspecified atom stereocenters. The Morgan fingerprint density at radius 1 is 1.03 bits per heavy atom. The molecule has 30 heavy (non-hydrogen) atoms. The van der Waals surface area contributed by atoms with Gasteiger partial charge in [-0.1, -0.05) is 48.5 Å². The van der Waals surface area contributed by atoms with Crippen LogP contribution in [0.1, 0.15) is 11.1 Å². The Kier molecular flexibility index (Phi) is 8.21. The molecule has 3 rings (SSSR count). The van der Waals surface area contributed by atoms with Crippen LogP contribution >= 0.6 is 34.4 Å². The SMILES string of the molecule is COc1cccc(/C(=C\CSc2ccc(OCC(=O)O)c(I)c2)c2ccccc2)c1. The summed E-state index contributed by atoms with van der Waals surface area (Å²) in [6.07, 6.45) is 2.22. The molecule has 0 saturated carbocycles. The summed E-state index contributed by atoms with van der Waals surface area (Å²) >= 11 is 3.87. The van der Waals surface area contributed by atoms with Crippen LogP contribution in [0.3, 0.4) is 0 Å². The van der Waals surface area contributed by atoms with E-state index in [0.29, 0.717) is 5.75 Å². The van der Waals surface area contributed by atoms with Crippen molar-refractivity contribution in [3.8, 4) is 11.5 Å². The van der Waals surface area contributed by atoms with Gasteiger partial charge >= 0.3 is 5.97 Å². The van der Waals surface area contributed by atoms with Crippen molar-refractivity contribution in [2.24, 2.45) is 0 Å². The van der Waals surface area contributed by atoms with Gasteiger partial charge in [-0.3, -0.25) is 0 Å². The van der Waals surface area contributed by atoms with Crippen LogP contribution in [0.25, 0.3) is 5.57 Å². The summed E-state index contributed by atoms with van der Waals surface area (Å²) in [7, 11) is 1.67. The maximum Gasteiger partial charge on any atom is 0.341 e. The van der Waals surface area contributed by atoms with E-state index in [2.05, 4.69) is 46.9 Å². The van der Waals surface area contributed by atoms with E-state index in [-0.39, 0.29) is 6.61 Å². The first-order valence-electron chi connectivity index (χ1n) is 9.24. The van der Waals surface area contributed by atoms with Crippen molar-refractivity contribution in [2.45, 2.75) is 4.90 Å². The van der Waals surface area contributed by atoms with Gasteiger partial charge in [0.05, 0.1) is 10.7 Å². The number of hydrogen-bond acceptors (Lipinski definition) is 4. The predicted molar refractivity (Wildman–Crippen MR) is 130 cm³/mol. The Morgan fingerprint density at radius 2 is 1.80 bits per heavy atom. The molecule has 3 aromatic rings. The molecule has 0 saturated heterocycles. The fourth-order valence-corrected chi connectivity index (χ4v) is 4.55. The van der Waals surface area contributed by atoms with Gasteiger partial charge in [0.25, 0.3) is 0 Å². The summed E-state index contributed by atoms with van der Waals surface area (Å²) in [5.41, 5.74) is 3.41. The molecule has 4 nitrogen and oxygen atoms in total. The number of ether oxygens (including phenoxy) is 2. The number of thioether (sulfide) groups is 1. The number of benzene rings is 3. The van der Waals surface area contributed by atoms with Crippen LogP contribution in [-0.2, 0) is 4.79 Å². The number of aliphatic carboxylic acids is 1. The van der Waals surface area contributed by atoms with Crippen molar-refractivity contribution in [1.82, 2.24) is 0 Å². The van der Waals surface area contributed by atoms with Crippen LogP contribution in [0.15, 0.2) is 83.8 Å². The van der Waals surface area contributed by atoms with Crippen molar-refractivity contribution in [3.05, 3.63) is 93.6 Å². The molecule has 1 N–H and O–H groups in total. The standard InChI is InChI=1S/C24H21IO4S/c1-28-19-9-5-8-18(14-19)21(17-6-3-2-4-7-17)12-13-30-20-10-11-23(22(25)15-20)29-16-24(26)27/h2-12,14-15H,13,16H2,1H3,(H,26,27)/b21-12-. The fourth-order valence-electron chi connectivity index (χ4n) is 2.86. The van der Waals surface area contributed by atoms with E-state index in [1.54, 1.807) is 18.9 Å². The lowest BCUT2D eigenvalue weighted by atomic mass is 9.98. The lowest BCUT2D eigenvalue weighted by molar-refractivity contribution is -0.139. The highest BCUT2D eigenvalue weighted by molar-refractivity contribution is 14.1. The fraction of sp³-hybridized carbons (Fsp3) is 0.125. The molecule has 3 aromatic carbocycles. The Labute approximate surface area is 194 Å². The first kappa shape index (κ1) is 22.2. The van der Waals surface area contributed by atoms with E-state index in [0.717, 1.165) is 36.7 Å². The summed E-state index contributed by atoms with van der Waals surface area (Å²) < 4.78 is 11.6. The van der Waals surface area contributed by atoms with Crippen molar-refractivity contribution < 1.29 is 19.4 Å². The van der Waals surface area contributed by atoms with Gasteiger partial charge < -0.3 is 14.6 Å². The van der Waals surface area contributed by atoms with Crippen LogP contribution in [-0.4, -0.2) is 30.5 Å². The molecule has 0 aliphatic carbocycles. The van der Waals surface area contributed by atoms with Gasteiger partial charge in [-0.05, 0) is 69.6 Å². The zero-order chi connectivity index (χ0) is 21.3. The summed E-state index contributed by atoms with van der Waals surface area (Å²) in [5.74, 6) is 1.21. The largest absolute Gasteiger partial charge is 0.497 e. The van der Waals surface area contributed by atoms with Gasteiger partial charge in [-0.25, -0.2) is 4.79 Å². The van der Waals surface area contributed by atoms with Crippen LogP contribution in [0.2, 0.25) is 0 Å². The molecule has 0 amide bonds. The first-order chi connectivity index (χ1) is 14.6. The monoisotopic (exact) mass is 532 g/mol. The van der Waals surface area contributed by atoms with Gasteiger partial charge in [0, 0.05) is 10.6 Å². The molecular formula is C24H21IO4S. The number of rotatable bonds is 9. The maximum atomic E-state index is 10.7. The molecule has 0 fully saturated rings. The number of methoxy groups -OCH3 is 1. The minimum Gasteiger partial charge on any atom is -0.497 e. The van der Waals surface area contributed by atoms with Gasteiger partial charge in [0.1, 0.15) is 11.5 Å². The number of carboxylic acids is 1. The molecule has 0 bridgehead atoms. The Bertz CT molecular complexity index is 1030. The van der Waals surface area contributed by atoms with Crippen LogP contribution in [0.4, 0.5) is 0 Å². The Morgan fingerprint density at radius 3 is 2.50 bits per heavy atom. The lowest BCUT2D eigenvalue weighted by Crippen LogP contribution is -2.10. The molecule has 0 aliphatic heterocycles. The summed E-state index contributed by atoms with van der Waals surface area (Å²) in [6.45, 7) is -0.341. The number of carboxylic acid groups (broad SMARTS) is 1. The van der Waals surface area contributed by atoms with Crippen molar-refractivity contribution >= 4 is 45.9 Å². The van der Waals surface area contributed by atoms with E-state index in [1.165, 1.54) is 0 Å². The Balaban J connectivity index is 1.78. The quantitative estimate of drug-likeness (QED) is 0.271. The predicted octanol–water partition coefficient (Wildman–Crippen LogP) is 5.99. The minimum absolute atomic E-state index is 0.341. The number of hydrogen-bond donors (Lipinski definition) is 1. The maximum absolute atomic E-state index is 10.7. The van der Waals surface area contributed by atoms with Crippen molar-refractivity contribution in [1.29, 1.82) is 0 Å². The van der Waals surface area contributed by atoms with Crippen LogP contribution in [0, 0.1) is 3.57 Å². The lowest BCUT2D eigenvalue weighted by Gasteiger charge is -2.11. The third-order valence-corrected chi connectivity index (χ3v) is 6.02. The second-order valence-electron chi connectivity index (χ2n) is 6.30. The summed E-state index contributed by atoms with van der Waals surface area (Å²) in [6, 6.07) is 24.1.